The Morgan fingerprint density at radius 1 is 0.911 bits per heavy atom. The van der Waals surface area contributed by atoms with Gasteiger partial charge in [0.25, 0.3) is 0 Å². The van der Waals surface area contributed by atoms with Crippen LogP contribution in [0.3, 0.4) is 0 Å². The number of nitrogen functional groups attached to an aromatic ring is 1. The average Bonchev–Trinajstić information content (AvgIpc) is 3.73. The fourth-order valence-corrected chi connectivity index (χ4v) is 8.67. The quantitative estimate of drug-likeness (QED) is 0.169. The Labute approximate surface area is 273 Å². The van der Waals surface area contributed by atoms with Crippen molar-refractivity contribution in [2.75, 3.05) is 18.9 Å². The molecule has 0 saturated carbocycles. The third-order valence-corrected chi connectivity index (χ3v) is 11.4. The summed E-state index contributed by atoms with van der Waals surface area (Å²) in [6.07, 6.45) is -7.84. The highest BCUT2D eigenvalue weighted by Gasteiger charge is 2.53. The van der Waals surface area contributed by atoms with E-state index in [2.05, 4.69) is 44.4 Å². The molecule has 45 heavy (non-hydrogen) atoms. The Kier molecular flexibility index (Phi) is 8.42. The lowest BCUT2D eigenvalue weighted by molar-refractivity contribution is -0.0554. The number of rotatable bonds is 2. The van der Waals surface area contributed by atoms with Crippen LogP contribution >= 0.6 is 61.3 Å². The number of ether oxygens (including phenoxy) is 2. The predicted octanol–water partition coefficient (Wildman–Crippen LogP) is 4.15. The fraction of sp³-hybridized carbons (Fsp3) is 0.455. The molecule has 16 nitrogen and oxygen atoms in total. The van der Waals surface area contributed by atoms with Gasteiger partial charge in [-0.2, -0.15) is 0 Å². The van der Waals surface area contributed by atoms with Gasteiger partial charge in [-0.05, 0) is 12.1 Å². The number of thiol groups is 2. The number of aliphatic hydroxyl groups is 1. The van der Waals surface area contributed by atoms with Crippen LogP contribution in [0.25, 0.3) is 22.2 Å². The summed E-state index contributed by atoms with van der Waals surface area (Å²) in [7, 11) is 0. The Balaban J connectivity index is 1.16. The van der Waals surface area contributed by atoms with E-state index in [0.717, 1.165) is 0 Å². The molecule has 0 spiro atoms. The number of benzene rings is 1. The molecule has 3 fully saturated rings. The van der Waals surface area contributed by atoms with Gasteiger partial charge < -0.3 is 24.9 Å². The Hall–Kier alpha value is -1.57. The zero-order valence-corrected chi connectivity index (χ0v) is 27.4. The number of anilines is 1. The van der Waals surface area contributed by atoms with E-state index in [0.29, 0.717) is 11.0 Å². The molecular weight excluding hydrogens is 722 g/mol. The molecule has 0 radical (unpaired) electrons. The van der Waals surface area contributed by atoms with Gasteiger partial charge >= 0.3 is 13.6 Å². The number of halogens is 3. The summed E-state index contributed by atoms with van der Waals surface area (Å²) in [5.41, 5.74) is 7.11. The summed E-state index contributed by atoms with van der Waals surface area (Å²) in [6, 6.07) is 3.06. The van der Waals surface area contributed by atoms with Gasteiger partial charge in [0.15, 0.2) is 30.1 Å². The van der Waals surface area contributed by atoms with Gasteiger partial charge in [-0.1, -0.05) is 47.7 Å². The van der Waals surface area contributed by atoms with Crippen molar-refractivity contribution in [3.8, 4) is 0 Å². The van der Waals surface area contributed by atoms with Crippen LogP contribution in [0, 0.1) is 0 Å². The second-order valence-electron chi connectivity index (χ2n) is 10.2. The summed E-state index contributed by atoms with van der Waals surface area (Å²) in [4.78, 5) is 16.3. The van der Waals surface area contributed by atoms with Crippen molar-refractivity contribution in [3.63, 3.8) is 0 Å². The smallest absolute Gasteiger partial charge is 0.386 e. The number of hydrogen-bond acceptors (Lipinski definition) is 14. The van der Waals surface area contributed by atoms with E-state index in [9.17, 15) is 14.2 Å². The van der Waals surface area contributed by atoms with Crippen LogP contribution in [0.4, 0.5) is 10.2 Å². The maximum atomic E-state index is 16.0. The largest absolute Gasteiger partial charge is 0.386 e. The number of hydrogen-bond donors (Lipinski definition) is 4. The fourth-order valence-electron chi connectivity index (χ4n) is 5.38. The molecule has 4 aromatic rings. The van der Waals surface area contributed by atoms with Crippen LogP contribution < -0.4 is 5.73 Å². The molecule has 3 aliphatic rings. The van der Waals surface area contributed by atoms with Crippen LogP contribution in [0.15, 0.2) is 31.1 Å². The number of aromatic nitrogens is 6. The highest BCUT2D eigenvalue weighted by atomic mass is 35.5. The third kappa shape index (κ3) is 5.90. The van der Waals surface area contributed by atoms with Gasteiger partial charge in [-0.3, -0.25) is 22.7 Å². The molecule has 23 heteroatoms. The molecule has 3 aromatic heterocycles. The molecule has 0 bridgehead atoms. The first-order valence-electron chi connectivity index (χ1n) is 13.0. The molecule has 3 aliphatic heterocycles. The topological polar surface area (TPSA) is 197 Å². The third-order valence-electron chi connectivity index (χ3n) is 7.44. The Morgan fingerprint density at radius 3 is 2.27 bits per heavy atom. The van der Waals surface area contributed by atoms with Gasteiger partial charge in [0.2, 0.25) is 0 Å². The van der Waals surface area contributed by atoms with Crippen molar-refractivity contribution in [3.05, 3.63) is 41.2 Å². The standard InChI is InChI=1S/C22H22Cl2FN7O9P2S2/c23-8-1-10-11(2-9(8)24)31(6-29-10)22-16(33)18-13(39-22)4-37-42(34,44)40-17-12(3-36-43(35,45)41-18)38-21(14(17)25)32-7-30-15-19(26)27-5-28-20(15)32/h1-2,5-7,12-14,16-18,21-22,33H,3-4H2,(H,34,44)(H,35,45)(H2,26,27,28)/t12-,13-,14?,16?,17?,18?,21-,22-,42?,43?/m1/s1. The SMILES string of the molecule is Nc1ncnc2c1ncn2[C@@H]1O[C@@H]2COP(=O)(S)OC3C(O)[C@H](n4cnc5cc(Cl)c(Cl)cc54)O[C@@H]3COP(=O)(S)OC2C1F. The lowest BCUT2D eigenvalue weighted by Crippen LogP contribution is -2.37. The highest BCUT2D eigenvalue weighted by molar-refractivity contribution is 8.44. The maximum Gasteiger partial charge on any atom is 0.386 e. The Bertz CT molecular complexity index is 1890. The summed E-state index contributed by atoms with van der Waals surface area (Å²) >= 11 is 20.4. The van der Waals surface area contributed by atoms with E-state index in [1.807, 2.05) is 0 Å². The van der Waals surface area contributed by atoms with E-state index < -0.39 is 76.0 Å². The summed E-state index contributed by atoms with van der Waals surface area (Å²) < 4.78 is 79.5. The molecule has 0 amide bonds. The minimum Gasteiger partial charge on any atom is -0.386 e. The number of fused-ring (bicyclic) bond motifs is 4. The minimum absolute atomic E-state index is 0.0614. The average molecular weight is 744 g/mol. The highest BCUT2D eigenvalue weighted by Crippen LogP contribution is 2.60. The van der Waals surface area contributed by atoms with Crippen molar-refractivity contribution in [1.82, 2.24) is 29.1 Å². The minimum atomic E-state index is -4.35. The van der Waals surface area contributed by atoms with Crippen molar-refractivity contribution in [2.45, 2.75) is 49.1 Å². The molecule has 242 valence electrons. The monoisotopic (exact) mass is 743 g/mol. The lowest BCUT2D eigenvalue weighted by Gasteiger charge is -2.28. The first-order valence-corrected chi connectivity index (χ1v) is 19.2. The first kappa shape index (κ1) is 32.0. The van der Waals surface area contributed by atoms with E-state index in [-0.39, 0.29) is 27.0 Å². The van der Waals surface area contributed by atoms with Crippen LogP contribution in [0.1, 0.15) is 12.5 Å². The van der Waals surface area contributed by atoms with E-state index in [1.54, 1.807) is 0 Å². The summed E-state index contributed by atoms with van der Waals surface area (Å²) in [6.45, 7) is -9.82. The van der Waals surface area contributed by atoms with Gasteiger partial charge in [-0.25, -0.2) is 33.5 Å². The number of nitrogens with zero attached hydrogens (tertiary/aromatic N) is 6. The van der Waals surface area contributed by atoms with Crippen LogP contribution in [0.2, 0.25) is 10.0 Å². The van der Waals surface area contributed by atoms with E-state index in [4.69, 9.17) is 56.5 Å². The molecule has 6 unspecified atom stereocenters. The van der Waals surface area contributed by atoms with Crippen molar-refractivity contribution >= 4 is 89.3 Å². The number of nitrogens with two attached hydrogens (primary N) is 1. The van der Waals surface area contributed by atoms with Gasteiger partial charge in [0, 0.05) is 0 Å². The van der Waals surface area contributed by atoms with Crippen molar-refractivity contribution < 1.29 is 46.2 Å². The van der Waals surface area contributed by atoms with Crippen LogP contribution in [0.5, 0.6) is 0 Å². The zero-order valence-electron chi connectivity index (χ0n) is 22.3. The first-order chi connectivity index (χ1) is 21.3. The predicted molar refractivity (Wildman–Crippen MR) is 163 cm³/mol. The van der Waals surface area contributed by atoms with E-state index in [1.165, 1.54) is 40.2 Å². The summed E-state index contributed by atoms with van der Waals surface area (Å²) in [5.74, 6) is 0.0614. The zero-order chi connectivity index (χ0) is 31.8. The van der Waals surface area contributed by atoms with Gasteiger partial charge in [-0.15, -0.1) is 0 Å². The molecule has 10 atom stereocenters. The molecule has 7 rings (SSSR count). The second-order valence-corrected chi connectivity index (χ2v) is 16.8. The molecule has 0 aliphatic carbocycles. The second kappa shape index (κ2) is 11.8. The van der Waals surface area contributed by atoms with Crippen molar-refractivity contribution in [1.29, 1.82) is 0 Å². The van der Waals surface area contributed by atoms with Crippen molar-refractivity contribution in [2.24, 2.45) is 0 Å². The Morgan fingerprint density at radius 2 is 1.53 bits per heavy atom. The lowest BCUT2D eigenvalue weighted by atomic mass is 10.1. The van der Waals surface area contributed by atoms with Crippen LogP contribution in [-0.2, 0) is 36.7 Å². The molecular formula is C22H22Cl2FN7O9P2S2. The van der Waals surface area contributed by atoms with Gasteiger partial charge in [0.05, 0.1) is 46.9 Å². The molecule has 3 saturated heterocycles. The molecule has 3 N–H and O–H groups in total. The number of aliphatic hydroxyl groups excluding tert-OH is 1. The van der Waals surface area contributed by atoms with Gasteiger partial charge in [0.1, 0.15) is 42.4 Å². The number of imidazole rings is 2. The van der Waals surface area contributed by atoms with E-state index >= 15 is 4.39 Å². The molecule has 6 heterocycles. The molecule has 1 aromatic carbocycles. The summed E-state index contributed by atoms with van der Waals surface area (Å²) in [5, 5.41) is 11.8. The maximum absolute atomic E-state index is 16.0. The van der Waals surface area contributed by atoms with Crippen LogP contribution in [-0.4, -0.2) is 84.1 Å². The normalized spacial score (nSPS) is 37.7. The number of alkyl halides is 1.